The predicted octanol–water partition coefficient (Wildman–Crippen LogP) is 1.58. The molecule has 0 atom stereocenters. The van der Waals surface area contributed by atoms with Gasteiger partial charge in [0.1, 0.15) is 11.4 Å². The summed E-state index contributed by atoms with van der Waals surface area (Å²) in [5.41, 5.74) is 1.04. The van der Waals surface area contributed by atoms with Crippen molar-refractivity contribution in [2.75, 3.05) is 23.7 Å². The number of halogens is 1. The number of pyridine rings is 1. The van der Waals surface area contributed by atoms with Gasteiger partial charge in [-0.15, -0.1) is 10.2 Å². The third-order valence-corrected chi connectivity index (χ3v) is 4.89. The van der Waals surface area contributed by atoms with Crippen molar-refractivity contribution in [3.8, 4) is 5.75 Å². The summed E-state index contributed by atoms with van der Waals surface area (Å²) in [5, 5.41) is 18.2. The number of rotatable bonds is 9. The second-order valence-corrected chi connectivity index (χ2v) is 8.32. The molecule has 1 aromatic carbocycles. The summed E-state index contributed by atoms with van der Waals surface area (Å²) in [6.07, 6.45) is 2.74. The van der Waals surface area contributed by atoms with Gasteiger partial charge in [-0.25, -0.2) is 4.98 Å². The van der Waals surface area contributed by atoms with Gasteiger partial charge in [-0.3, -0.25) is 4.55 Å². The van der Waals surface area contributed by atoms with Crippen LogP contribution in [0, 0.1) is 0 Å². The molecule has 0 fully saturated rings. The molecule has 0 aliphatic rings. The second kappa shape index (κ2) is 11.8. The molecule has 0 saturated heterocycles. The van der Waals surface area contributed by atoms with Crippen molar-refractivity contribution < 1.29 is 49.1 Å². The Hall–Kier alpha value is -1.04. The molecule has 0 aliphatic carbocycles. The van der Waals surface area contributed by atoms with E-state index in [9.17, 15) is 13.5 Å². The molecule has 28 heavy (non-hydrogen) atoms. The Morgan fingerprint density at radius 3 is 2.54 bits per heavy atom. The van der Waals surface area contributed by atoms with Gasteiger partial charge in [0.05, 0.1) is 5.75 Å². The first-order valence-corrected chi connectivity index (χ1v) is 10.7. The van der Waals surface area contributed by atoms with Crippen LogP contribution in [-0.4, -0.2) is 41.9 Å². The summed E-state index contributed by atoms with van der Waals surface area (Å²) >= 11 is 3.29. The first-order chi connectivity index (χ1) is 12.8. The van der Waals surface area contributed by atoms with Crippen LogP contribution >= 0.6 is 15.9 Å². The van der Waals surface area contributed by atoms with E-state index < -0.39 is 10.1 Å². The van der Waals surface area contributed by atoms with Crippen LogP contribution in [0.3, 0.4) is 0 Å². The maximum absolute atomic E-state index is 10.9. The quantitative estimate of drug-likeness (QED) is 0.319. The fourth-order valence-electron chi connectivity index (χ4n) is 2.40. The second-order valence-electron chi connectivity index (χ2n) is 5.83. The molecular formula is C17H22BrN4NaO4S. The summed E-state index contributed by atoms with van der Waals surface area (Å²) in [6.45, 7) is 3.13. The third-order valence-electron chi connectivity index (χ3n) is 3.62. The van der Waals surface area contributed by atoms with Gasteiger partial charge in [0.25, 0.3) is 10.1 Å². The Kier molecular flexibility index (Phi) is 10.6. The Labute approximate surface area is 196 Å². The number of hydrogen-bond acceptors (Lipinski definition) is 7. The molecule has 0 aliphatic heterocycles. The zero-order chi connectivity index (χ0) is 19.9. The van der Waals surface area contributed by atoms with Crippen molar-refractivity contribution >= 4 is 43.2 Å². The number of benzene rings is 1. The fraction of sp³-hybridized carbons (Fsp3) is 0.353. The molecule has 2 N–H and O–H groups in total. The van der Waals surface area contributed by atoms with Crippen molar-refractivity contribution in [2.24, 2.45) is 10.2 Å². The molecule has 0 spiro atoms. The Bertz CT molecular complexity index is 901. The van der Waals surface area contributed by atoms with E-state index in [1.54, 1.807) is 36.5 Å². The van der Waals surface area contributed by atoms with Crippen LogP contribution in [0.4, 0.5) is 17.2 Å². The number of aromatic nitrogens is 1. The molecule has 0 unspecified atom stereocenters. The molecule has 1 aromatic heterocycles. The van der Waals surface area contributed by atoms with Gasteiger partial charge in [0.2, 0.25) is 0 Å². The number of phenols is 1. The molecule has 0 radical (unpaired) electrons. The van der Waals surface area contributed by atoms with Crippen LogP contribution in [0.15, 0.2) is 51.2 Å². The van der Waals surface area contributed by atoms with E-state index >= 15 is 0 Å². The summed E-state index contributed by atoms with van der Waals surface area (Å²) in [4.78, 5) is 6.03. The molecule has 2 aromatic rings. The third kappa shape index (κ3) is 8.54. The van der Waals surface area contributed by atoms with E-state index in [0.29, 0.717) is 24.6 Å². The summed E-state index contributed by atoms with van der Waals surface area (Å²) in [6, 6.07) is 8.47. The topological polar surface area (TPSA) is 115 Å². The zero-order valence-electron chi connectivity index (χ0n) is 16.8. The van der Waals surface area contributed by atoms with Crippen molar-refractivity contribution in [1.29, 1.82) is 0 Å². The smallest absolute Gasteiger partial charge is 1.00 e. The largest absolute Gasteiger partial charge is 1.00 e. The van der Waals surface area contributed by atoms with Crippen LogP contribution in [0.25, 0.3) is 0 Å². The minimum atomic E-state index is -3.98. The molecular weight excluding hydrogens is 459 g/mol. The molecule has 0 saturated carbocycles. The monoisotopic (exact) mass is 480 g/mol. The van der Waals surface area contributed by atoms with Crippen LogP contribution in [0.5, 0.6) is 5.75 Å². The number of anilines is 1. The van der Waals surface area contributed by atoms with Gasteiger partial charge in [-0.05, 0) is 53.0 Å². The van der Waals surface area contributed by atoms with E-state index in [4.69, 9.17) is 4.55 Å². The molecule has 148 valence electrons. The zero-order valence-corrected chi connectivity index (χ0v) is 20.2. The maximum atomic E-state index is 10.9. The molecule has 2 rings (SSSR count). The van der Waals surface area contributed by atoms with Crippen molar-refractivity contribution in [3.05, 3.63) is 41.0 Å². The van der Waals surface area contributed by atoms with Crippen molar-refractivity contribution in [3.63, 3.8) is 0 Å². The minimum Gasteiger partial charge on any atom is -1.00 e. The molecule has 8 nitrogen and oxygen atoms in total. The first kappa shape index (κ1) is 25.0. The van der Waals surface area contributed by atoms with Gasteiger partial charge in [-0.2, -0.15) is 8.42 Å². The SMILES string of the molecule is CCCN(CCCS(=O)(=O)O)c1ccc(N=Nc2ccc(Br)cn2)c(O)c1.[H-].[Na+]. The normalized spacial score (nSPS) is 11.4. The minimum absolute atomic E-state index is 0. The van der Waals surface area contributed by atoms with Crippen LogP contribution in [0.2, 0.25) is 0 Å². The standard InChI is InChI=1S/C17H21BrN4O4S.Na.H/c1-2-8-22(9-3-10-27(24,25)26)14-5-6-15(16(23)11-14)20-21-17-7-4-13(18)12-19-17;;/h4-7,11-12,23H,2-3,8-10H2,1H3,(H,24,25,26);;/q;+1;-1. The van der Waals surface area contributed by atoms with Gasteiger partial charge in [0, 0.05) is 35.5 Å². The summed E-state index contributed by atoms with van der Waals surface area (Å²) in [5.74, 6) is 0.0785. The van der Waals surface area contributed by atoms with Crippen LogP contribution < -0.4 is 34.5 Å². The molecule has 0 amide bonds. The molecule has 0 bridgehead atoms. The maximum Gasteiger partial charge on any atom is 1.00 e. The van der Waals surface area contributed by atoms with E-state index in [0.717, 1.165) is 16.6 Å². The van der Waals surface area contributed by atoms with E-state index in [2.05, 4.69) is 31.1 Å². The first-order valence-electron chi connectivity index (χ1n) is 8.35. The fourth-order valence-corrected chi connectivity index (χ4v) is 3.13. The van der Waals surface area contributed by atoms with Gasteiger partial charge in [0.15, 0.2) is 5.82 Å². The van der Waals surface area contributed by atoms with E-state index in [1.807, 2.05) is 11.8 Å². The van der Waals surface area contributed by atoms with Gasteiger partial charge in [-0.1, -0.05) is 6.92 Å². The van der Waals surface area contributed by atoms with Crippen molar-refractivity contribution in [1.82, 2.24) is 4.98 Å². The molecule has 1 heterocycles. The average molecular weight is 481 g/mol. The predicted molar refractivity (Wildman–Crippen MR) is 109 cm³/mol. The van der Waals surface area contributed by atoms with Gasteiger partial charge >= 0.3 is 29.6 Å². The summed E-state index contributed by atoms with van der Waals surface area (Å²) in [7, 11) is -3.98. The number of hydrogen-bond donors (Lipinski definition) is 2. The number of nitrogens with zero attached hydrogens (tertiary/aromatic N) is 4. The van der Waals surface area contributed by atoms with E-state index in [1.165, 1.54) is 0 Å². The Balaban J connectivity index is 0.00000392. The number of phenolic OH excluding ortho intramolecular Hbond substituents is 1. The molecule has 11 heteroatoms. The number of aromatic hydroxyl groups is 1. The Morgan fingerprint density at radius 1 is 1.21 bits per heavy atom. The summed E-state index contributed by atoms with van der Waals surface area (Å²) < 4.78 is 31.5. The van der Waals surface area contributed by atoms with Crippen molar-refractivity contribution in [2.45, 2.75) is 19.8 Å². The van der Waals surface area contributed by atoms with Crippen LogP contribution in [0.1, 0.15) is 21.2 Å². The van der Waals surface area contributed by atoms with Gasteiger partial charge < -0.3 is 11.4 Å². The average Bonchev–Trinajstić information content (AvgIpc) is 2.60. The Morgan fingerprint density at radius 2 is 1.96 bits per heavy atom. The van der Waals surface area contributed by atoms with Crippen LogP contribution in [-0.2, 0) is 10.1 Å². The van der Waals surface area contributed by atoms with E-state index in [-0.39, 0.29) is 48.9 Å². The number of azo groups is 1.